The van der Waals surface area contributed by atoms with E-state index in [-0.39, 0.29) is 11.7 Å². The first-order chi connectivity index (χ1) is 9.97. The zero-order valence-corrected chi connectivity index (χ0v) is 13.1. The van der Waals surface area contributed by atoms with E-state index in [9.17, 15) is 9.59 Å². The van der Waals surface area contributed by atoms with Gasteiger partial charge in [-0.25, -0.2) is 0 Å². The van der Waals surface area contributed by atoms with Crippen LogP contribution in [0.4, 0.5) is 0 Å². The van der Waals surface area contributed by atoms with Crippen molar-refractivity contribution in [1.82, 2.24) is 15.1 Å². The third-order valence-electron chi connectivity index (χ3n) is 3.42. The van der Waals surface area contributed by atoms with E-state index in [1.54, 1.807) is 22.9 Å². The lowest BCUT2D eigenvalue weighted by atomic mass is 10.2. The first kappa shape index (κ1) is 15.5. The second-order valence-electron chi connectivity index (χ2n) is 4.94. The minimum absolute atomic E-state index is 0.0103. The van der Waals surface area contributed by atoms with Gasteiger partial charge in [0.2, 0.25) is 5.43 Å². The molecule has 112 valence electrons. The van der Waals surface area contributed by atoms with Crippen molar-refractivity contribution in [2.24, 2.45) is 0 Å². The van der Waals surface area contributed by atoms with Crippen molar-refractivity contribution in [3.05, 3.63) is 39.1 Å². The van der Waals surface area contributed by atoms with Crippen LogP contribution < -0.4 is 10.7 Å². The van der Waals surface area contributed by atoms with Gasteiger partial charge < -0.3 is 5.32 Å². The second kappa shape index (κ2) is 6.26. The smallest absolute Gasteiger partial charge is 0.276 e. The second-order valence-corrected chi connectivity index (χ2v) is 5.37. The van der Waals surface area contributed by atoms with E-state index in [2.05, 4.69) is 10.4 Å². The van der Waals surface area contributed by atoms with Crippen molar-refractivity contribution < 1.29 is 4.79 Å². The van der Waals surface area contributed by atoms with Crippen LogP contribution in [0, 0.1) is 0 Å². The maximum Gasteiger partial charge on any atom is 0.276 e. The number of fused-ring (bicyclic) bond motifs is 1. The number of benzene rings is 1. The number of hydrogen-bond acceptors (Lipinski definition) is 3. The molecule has 0 radical (unpaired) electrons. The summed E-state index contributed by atoms with van der Waals surface area (Å²) >= 11 is 5.96. The van der Waals surface area contributed by atoms with Gasteiger partial charge in [0, 0.05) is 17.6 Å². The van der Waals surface area contributed by atoms with E-state index in [1.165, 1.54) is 0 Å². The normalized spacial score (nSPS) is 12.4. The van der Waals surface area contributed by atoms with Gasteiger partial charge in [0.1, 0.15) is 0 Å². The van der Waals surface area contributed by atoms with Gasteiger partial charge in [-0.15, -0.1) is 0 Å². The van der Waals surface area contributed by atoms with E-state index in [0.717, 1.165) is 6.42 Å². The quantitative estimate of drug-likeness (QED) is 0.944. The molecule has 1 heterocycles. The van der Waals surface area contributed by atoms with Crippen molar-refractivity contribution in [1.29, 1.82) is 0 Å². The molecule has 1 unspecified atom stereocenters. The number of carbonyl (C=O) groups is 1. The Morgan fingerprint density at radius 1 is 1.43 bits per heavy atom. The zero-order chi connectivity index (χ0) is 15.6. The number of rotatable bonds is 4. The predicted molar refractivity (Wildman–Crippen MR) is 83.9 cm³/mol. The SMILES string of the molecule is CCC(C)NC(=O)c1nn(CC)c2ccc(Cl)cc2c1=O. The summed E-state index contributed by atoms with van der Waals surface area (Å²) in [4.78, 5) is 24.7. The molecule has 1 amide bonds. The van der Waals surface area contributed by atoms with Crippen LogP contribution in [-0.2, 0) is 6.54 Å². The molecule has 0 spiro atoms. The molecular formula is C15H18ClN3O2. The summed E-state index contributed by atoms with van der Waals surface area (Å²) in [5.41, 5.74) is 0.192. The Kier molecular flexibility index (Phi) is 4.63. The number of amides is 1. The van der Waals surface area contributed by atoms with Crippen LogP contribution in [0.2, 0.25) is 5.02 Å². The Balaban J connectivity index is 2.62. The highest BCUT2D eigenvalue weighted by Gasteiger charge is 2.18. The van der Waals surface area contributed by atoms with Gasteiger partial charge in [-0.3, -0.25) is 14.3 Å². The molecule has 0 saturated carbocycles. The largest absolute Gasteiger partial charge is 0.348 e. The highest BCUT2D eigenvalue weighted by atomic mass is 35.5. The molecule has 0 aliphatic carbocycles. The lowest BCUT2D eigenvalue weighted by molar-refractivity contribution is 0.0931. The van der Waals surface area contributed by atoms with Gasteiger partial charge in [0.25, 0.3) is 5.91 Å². The molecule has 0 saturated heterocycles. The summed E-state index contributed by atoms with van der Waals surface area (Å²) in [6.07, 6.45) is 0.785. The number of nitrogens with zero attached hydrogens (tertiary/aromatic N) is 2. The van der Waals surface area contributed by atoms with Crippen molar-refractivity contribution in [2.75, 3.05) is 0 Å². The summed E-state index contributed by atoms with van der Waals surface area (Å²) in [6, 6.07) is 5.01. The maximum absolute atomic E-state index is 12.5. The molecule has 1 atom stereocenters. The van der Waals surface area contributed by atoms with Gasteiger partial charge in [-0.1, -0.05) is 18.5 Å². The highest BCUT2D eigenvalue weighted by Crippen LogP contribution is 2.16. The predicted octanol–water partition coefficient (Wildman–Crippen LogP) is 2.60. The fraction of sp³-hybridized carbons (Fsp3) is 0.400. The van der Waals surface area contributed by atoms with Crippen molar-refractivity contribution in [3.63, 3.8) is 0 Å². The van der Waals surface area contributed by atoms with Crippen LogP contribution >= 0.6 is 11.6 Å². The first-order valence-corrected chi connectivity index (χ1v) is 7.37. The summed E-state index contributed by atoms with van der Waals surface area (Å²) in [5.74, 6) is -0.446. The van der Waals surface area contributed by atoms with Crippen molar-refractivity contribution in [3.8, 4) is 0 Å². The average molecular weight is 308 g/mol. The van der Waals surface area contributed by atoms with Crippen molar-refractivity contribution >= 4 is 28.4 Å². The van der Waals surface area contributed by atoms with E-state index in [1.807, 2.05) is 20.8 Å². The summed E-state index contributed by atoms with van der Waals surface area (Å²) < 4.78 is 1.64. The molecule has 0 fully saturated rings. The molecule has 5 nitrogen and oxygen atoms in total. The van der Waals surface area contributed by atoms with Crippen LogP contribution in [0.15, 0.2) is 23.0 Å². The van der Waals surface area contributed by atoms with Crippen LogP contribution in [0.3, 0.4) is 0 Å². The fourth-order valence-corrected chi connectivity index (χ4v) is 2.22. The molecule has 0 bridgehead atoms. The third kappa shape index (κ3) is 3.08. The summed E-state index contributed by atoms with van der Waals surface area (Å²) in [7, 11) is 0. The first-order valence-electron chi connectivity index (χ1n) is 6.99. The summed E-state index contributed by atoms with van der Waals surface area (Å²) in [6.45, 7) is 6.31. The molecule has 2 rings (SSSR count). The van der Waals surface area contributed by atoms with E-state index >= 15 is 0 Å². The van der Waals surface area contributed by atoms with Gasteiger partial charge in [-0.2, -0.15) is 5.10 Å². The Morgan fingerprint density at radius 2 is 2.14 bits per heavy atom. The standard InChI is InChI=1S/C15H18ClN3O2/c1-4-9(3)17-15(21)13-14(20)11-8-10(16)6-7-12(11)19(5-2)18-13/h6-9H,4-5H2,1-3H3,(H,17,21). The zero-order valence-electron chi connectivity index (χ0n) is 12.3. The lowest BCUT2D eigenvalue weighted by Crippen LogP contribution is -2.37. The minimum Gasteiger partial charge on any atom is -0.348 e. The van der Waals surface area contributed by atoms with E-state index < -0.39 is 11.3 Å². The number of hydrogen-bond donors (Lipinski definition) is 1. The van der Waals surface area contributed by atoms with Crippen LogP contribution in [0.25, 0.3) is 10.9 Å². The Morgan fingerprint density at radius 3 is 2.76 bits per heavy atom. The van der Waals surface area contributed by atoms with Crippen LogP contribution in [0.5, 0.6) is 0 Å². The molecule has 1 aromatic heterocycles. The number of aryl methyl sites for hydroxylation is 1. The molecular weight excluding hydrogens is 290 g/mol. The minimum atomic E-state index is -0.446. The molecule has 21 heavy (non-hydrogen) atoms. The average Bonchev–Trinajstić information content (AvgIpc) is 2.47. The molecule has 0 aliphatic heterocycles. The Hall–Kier alpha value is -1.88. The van der Waals surface area contributed by atoms with Gasteiger partial charge in [0.05, 0.1) is 10.9 Å². The summed E-state index contributed by atoms with van der Waals surface area (Å²) in [5, 5.41) is 7.83. The van der Waals surface area contributed by atoms with Crippen molar-refractivity contribution in [2.45, 2.75) is 39.8 Å². The number of halogens is 1. The molecule has 0 aliphatic rings. The van der Waals surface area contributed by atoms with Crippen LogP contribution in [0.1, 0.15) is 37.7 Å². The van der Waals surface area contributed by atoms with Crippen LogP contribution in [-0.4, -0.2) is 21.7 Å². The van der Waals surface area contributed by atoms with Gasteiger partial charge >= 0.3 is 0 Å². The number of aromatic nitrogens is 2. The molecule has 6 heteroatoms. The topological polar surface area (TPSA) is 64.0 Å². The third-order valence-corrected chi connectivity index (χ3v) is 3.66. The van der Waals surface area contributed by atoms with E-state index in [4.69, 9.17) is 11.6 Å². The Labute approximate surface area is 127 Å². The molecule has 2 aromatic rings. The fourth-order valence-electron chi connectivity index (χ4n) is 2.05. The molecule has 1 aromatic carbocycles. The molecule has 1 N–H and O–H groups in total. The highest BCUT2D eigenvalue weighted by molar-refractivity contribution is 6.31. The maximum atomic E-state index is 12.5. The van der Waals surface area contributed by atoms with Gasteiger partial charge in [0.15, 0.2) is 5.69 Å². The Bertz CT molecular complexity index is 740. The van der Waals surface area contributed by atoms with E-state index in [0.29, 0.717) is 22.5 Å². The monoisotopic (exact) mass is 307 g/mol. The lowest BCUT2D eigenvalue weighted by Gasteiger charge is -2.13. The van der Waals surface area contributed by atoms with Gasteiger partial charge in [-0.05, 0) is 38.5 Å². The number of nitrogens with one attached hydrogen (secondary N) is 1. The number of carbonyl (C=O) groups excluding carboxylic acids is 1.